The minimum Gasteiger partial charge on any atom is -0.300 e. The molecule has 1 aromatic carbocycles. The van der Waals surface area contributed by atoms with E-state index >= 15 is 0 Å². The van der Waals surface area contributed by atoms with Crippen LogP contribution in [0.1, 0.15) is 18.2 Å². The van der Waals surface area contributed by atoms with E-state index < -0.39 is 0 Å². The molecule has 0 aliphatic carbocycles. The second-order valence-electron chi connectivity index (χ2n) is 3.91. The van der Waals surface area contributed by atoms with E-state index in [-0.39, 0.29) is 5.78 Å². The predicted molar refractivity (Wildman–Crippen MR) is 60.9 cm³/mol. The van der Waals surface area contributed by atoms with Gasteiger partial charge in [0.1, 0.15) is 5.78 Å². The monoisotopic (exact) mass is 199 g/mol. The number of aromatic nitrogens is 1. The third-order valence-electron chi connectivity index (χ3n) is 2.36. The summed E-state index contributed by atoms with van der Waals surface area (Å²) in [7, 11) is 0. The molecule has 0 radical (unpaired) electrons. The van der Waals surface area contributed by atoms with Crippen LogP contribution in [0.5, 0.6) is 0 Å². The van der Waals surface area contributed by atoms with Crippen molar-refractivity contribution in [1.29, 1.82) is 0 Å². The van der Waals surface area contributed by atoms with Gasteiger partial charge in [-0.15, -0.1) is 0 Å². The summed E-state index contributed by atoms with van der Waals surface area (Å²) in [5.41, 5.74) is 2.07. The molecule has 0 saturated heterocycles. The van der Waals surface area contributed by atoms with Crippen LogP contribution in [0.4, 0.5) is 0 Å². The highest BCUT2D eigenvalue weighted by atomic mass is 16.1. The molecule has 2 aromatic rings. The fraction of sp³-hybridized carbons (Fsp3) is 0.231. The van der Waals surface area contributed by atoms with Crippen LogP contribution >= 0.6 is 0 Å². The maximum absolute atomic E-state index is 11.0. The van der Waals surface area contributed by atoms with Gasteiger partial charge < -0.3 is 0 Å². The van der Waals surface area contributed by atoms with Crippen LogP contribution in [0.15, 0.2) is 30.5 Å². The molecule has 0 aliphatic heterocycles. The van der Waals surface area contributed by atoms with Gasteiger partial charge in [0, 0.05) is 23.7 Å². The van der Waals surface area contributed by atoms with Gasteiger partial charge in [-0.25, -0.2) is 0 Å². The normalized spacial score (nSPS) is 10.5. The Bertz CT molecular complexity index is 517. The van der Waals surface area contributed by atoms with E-state index in [0.717, 1.165) is 16.5 Å². The first-order chi connectivity index (χ1) is 7.15. The first-order valence-corrected chi connectivity index (χ1v) is 5.00. The van der Waals surface area contributed by atoms with E-state index in [0.29, 0.717) is 6.42 Å². The molecule has 15 heavy (non-hydrogen) atoms. The quantitative estimate of drug-likeness (QED) is 0.744. The number of pyridine rings is 1. The highest BCUT2D eigenvalue weighted by Crippen LogP contribution is 2.16. The van der Waals surface area contributed by atoms with Gasteiger partial charge in [-0.2, -0.15) is 0 Å². The van der Waals surface area contributed by atoms with Crippen LogP contribution in [0, 0.1) is 6.92 Å². The van der Waals surface area contributed by atoms with Crippen molar-refractivity contribution in [3.8, 4) is 0 Å². The minimum absolute atomic E-state index is 0.148. The summed E-state index contributed by atoms with van der Waals surface area (Å²) >= 11 is 0. The van der Waals surface area contributed by atoms with Crippen LogP contribution in [0.2, 0.25) is 0 Å². The van der Waals surface area contributed by atoms with Crippen molar-refractivity contribution in [2.75, 3.05) is 0 Å². The largest absolute Gasteiger partial charge is 0.300 e. The second-order valence-corrected chi connectivity index (χ2v) is 3.91. The molecular weight excluding hydrogens is 186 g/mol. The van der Waals surface area contributed by atoms with Crippen LogP contribution in [0.25, 0.3) is 10.8 Å². The second kappa shape index (κ2) is 3.81. The molecule has 2 nitrogen and oxygen atoms in total. The summed E-state index contributed by atoms with van der Waals surface area (Å²) in [5, 5.41) is 2.27. The van der Waals surface area contributed by atoms with Gasteiger partial charge in [0.05, 0.1) is 0 Å². The van der Waals surface area contributed by atoms with Crippen LogP contribution in [-0.2, 0) is 11.2 Å². The van der Waals surface area contributed by atoms with Crippen LogP contribution in [0.3, 0.4) is 0 Å². The highest BCUT2D eigenvalue weighted by molar-refractivity contribution is 5.84. The molecule has 1 heterocycles. The molecule has 2 rings (SSSR count). The molecule has 0 bridgehead atoms. The number of carbonyl (C=O) groups excluding carboxylic acids is 1. The summed E-state index contributed by atoms with van der Waals surface area (Å²) < 4.78 is 0. The van der Waals surface area contributed by atoms with E-state index in [1.54, 1.807) is 6.92 Å². The number of rotatable bonds is 2. The number of aryl methyl sites for hydroxylation is 1. The maximum atomic E-state index is 11.0. The Balaban J connectivity index is 2.49. The molecule has 0 N–H and O–H groups in total. The van der Waals surface area contributed by atoms with Crippen molar-refractivity contribution in [2.45, 2.75) is 20.3 Å². The third-order valence-corrected chi connectivity index (χ3v) is 2.36. The lowest BCUT2D eigenvalue weighted by molar-refractivity contribution is -0.116. The Morgan fingerprint density at radius 2 is 2.07 bits per heavy atom. The number of fused-ring (bicyclic) bond motifs is 1. The molecule has 0 aliphatic rings. The van der Waals surface area contributed by atoms with Crippen LogP contribution < -0.4 is 0 Å². The van der Waals surface area contributed by atoms with E-state index in [4.69, 9.17) is 0 Å². The molecule has 0 unspecified atom stereocenters. The Morgan fingerprint density at radius 3 is 2.80 bits per heavy atom. The average Bonchev–Trinajstić information content (AvgIpc) is 2.16. The first kappa shape index (κ1) is 9.84. The number of hydrogen-bond acceptors (Lipinski definition) is 2. The molecule has 0 amide bonds. The van der Waals surface area contributed by atoms with Gasteiger partial charge in [0.25, 0.3) is 0 Å². The zero-order valence-electron chi connectivity index (χ0n) is 8.95. The van der Waals surface area contributed by atoms with Crippen molar-refractivity contribution in [1.82, 2.24) is 4.98 Å². The van der Waals surface area contributed by atoms with Gasteiger partial charge in [0.2, 0.25) is 0 Å². The lowest BCUT2D eigenvalue weighted by Gasteiger charge is -2.02. The van der Waals surface area contributed by atoms with E-state index in [1.807, 2.05) is 12.3 Å². The van der Waals surface area contributed by atoms with Crippen molar-refractivity contribution >= 4 is 16.6 Å². The fourth-order valence-corrected chi connectivity index (χ4v) is 1.66. The zero-order valence-corrected chi connectivity index (χ0v) is 8.95. The minimum atomic E-state index is 0.148. The van der Waals surface area contributed by atoms with Gasteiger partial charge in [-0.3, -0.25) is 9.78 Å². The number of nitrogens with zero attached hydrogens (tertiary/aromatic N) is 1. The molecular formula is C13H13NO. The summed E-state index contributed by atoms with van der Waals surface area (Å²) in [6, 6.07) is 8.22. The number of benzene rings is 1. The maximum Gasteiger partial charge on any atom is 0.135 e. The van der Waals surface area contributed by atoms with Crippen LogP contribution in [-0.4, -0.2) is 10.8 Å². The summed E-state index contributed by atoms with van der Waals surface area (Å²) in [6.07, 6.45) is 2.25. The van der Waals surface area contributed by atoms with Gasteiger partial charge >= 0.3 is 0 Å². The number of carbonyl (C=O) groups is 1. The summed E-state index contributed by atoms with van der Waals surface area (Å²) in [4.78, 5) is 15.2. The third kappa shape index (κ3) is 2.21. The zero-order chi connectivity index (χ0) is 10.8. The SMILES string of the molecule is CC(=O)Cc1cc2cc(C)ccc2cn1. The van der Waals surface area contributed by atoms with Crippen molar-refractivity contribution in [2.24, 2.45) is 0 Å². The Labute approximate surface area is 89.0 Å². The lowest BCUT2D eigenvalue weighted by Crippen LogP contribution is -1.98. The number of hydrogen-bond donors (Lipinski definition) is 0. The van der Waals surface area contributed by atoms with Crippen molar-refractivity contribution in [3.63, 3.8) is 0 Å². The molecule has 76 valence electrons. The summed E-state index contributed by atoms with van der Waals surface area (Å²) in [5.74, 6) is 0.148. The van der Waals surface area contributed by atoms with Gasteiger partial charge in [-0.1, -0.05) is 23.8 Å². The predicted octanol–water partition coefficient (Wildman–Crippen LogP) is 2.67. The number of Topliss-reactive ketones (excluding diaryl/α,β-unsaturated/α-hetero) is 1. The molecule has 2 heteroatoms. The Hall–Kier alpha value is -1.70. The Morgan fingerprint density at radius 1 is 1.27 bits per heavy atom. The fourth-order valence-electron chi connectivity index (χ4n) is 1.66. The first-order valence-electron chi connectivity index (χ1n) is 5.00. The lowest BCUT2D eigenvalue weighted by atomic mass is 10.1. The average molecular weight is 199 g/mol. The standard InChI is InChI=1S/C13H13NO/c1-9-3-4-11-8-14-13(6-10(2)15)7-12(11)5-9/h3-5,7-8H,6H2,1-2H3. The van der Waals surface area contributed by atoms with Gasteiger partial charge in [-0.05, 0) is 25.3 Å². The molecule has 0 saturated carbocycles. The van der Waals surface area contributed by atoms with Crippen molar-refractivity contribution < 1.29 is 4.79 Å². The smallest absolute Gasteiger partial charge is 0.135 e. The van der Waals surface area contributed by atoms with Crippen molar-refractivity contribution in [3.05, 3.63) is 41.7 Å². The molecule has 0 spiro atoms. The summed E-state index contributed by atoms with van der Waals surface area (Å²) in [6.45, 7) is 3.65. The number of ketones is 1. The molecule has 0 fully saturated rings. The highest BCUT2D eigenvalue weighted by Gasteiger charge is 2.01. The topological polar surface area (TPSA) is 30.0 Å². The molecule has 1 aromatic heterocycles. The van der Waals surface area contributed by atoms with Gasteiger partial charge in [0.15, 0.2) is 0 Å². The Kier molecular flexibility index (Phi) is 2.50. The van der Waals surface area contributed by atoms with E-state index in [9.17, 15) is 4.79 Å². The van der Waals surface area contributed by atoms with E-state index in [2.05, 4.69) is 30.1 Å². The molecule has 0 atom stereocenters. The van der Waals surface area contributed by atoms with E-state index in [1.165, 1.54) is 5.56 Å².